The number of aromatic nitrogens is 2. The van der Waals surface area contributed by atoms with Crippen LogP contribution >= 0.6 is 0 Å². The van der Waals surface area contributed by atoms with Crippen molar-refractivity contribution in [3.05, 3.63) is 83.8 Å². The molecule has 0 aliphatic heterocycles. The first-order chi connectivity index (χ1) is 16.3. The molecular formula is C30H34N2O3. The molecule has 4 aromatic rings. The van der Waals surface area contributed by atoms with Crippen molar-refractivity contribution in [1.82, 2.24) is 9.13 Å². The van der Waals surface area contributed by atoms with Gasteiger partial charge in [-0.3, -0.25) is 9.36 Å². The van der Waals surface area contributed by atoms with Gasteiger partial charge < -0.3 is 9.30 Å². The molecule has 5 nitrogen and oxygen atoms in total. The standard InChI is InChI=1S/C30H34N2O3/c1-29(2,3)18-20-8-10-21(11-9-20)24-17-26(31(7)19-24)27(33)32-15-14-22-16-23(12-13-25(22)32)28(34)35-30(4,5)6/h8-17,19H,18H2,1-7H3. The first-order valence-corrected chi connectivity index (χ1v) is 12.0. The summed E-state index contributed by atoms with van der Waals surface area (Å²) < 4.78 is 8.96. The van der Waals surface area contributed by atoms with Crippen LogP contribution in [0.1, 0.15) is 68.0 Å². The Balaban J connectivity index is 1.59. The third kappa shape index (κ3) is 5.56. The van der Waals surface area contributed by atoms with Crippen molar-refractivity contribution in [3.63, 3.8) is 0 Å². The highest BCUT2D eigenvalue weighted by molar-refractivity contribution is 6.03. The molecule has 2 aromatic heterocycles. The number of hydrogen-bond acceptors (Lipinski definition) is 3. The summed E-state index contributed by atoms with van der Waals surface area (Å²) >= 11 is 0. The predicted molar refractivity (Wildman–Crippen MR) is 141 cm³/mol. The number of fused-ring (bicyclic) bond motifs is 1. The van der Waals surface area contributed by atoms with Crippen molar-refractivity contribution in [2.24, 2.45) is 12.5 Å². The van der Waals surface area contributed by atoms with Gasteiger partial charge in [0.2, 0.25) is 0 Å². The Hall–Kier alpha value is -3.60. The summed E-state index contributed by atoms with van der Waals surface area (Å²) in [6.07, 6.45) is 4.75. The van der Waals surface area contributed by atoms with Crippen LogP contribution in [-0.2, 0) is 18.2 Å². The number of rotatable bonds is 4. The van der Waals surface area contributed by atoms with Crippen LogP contribution in [0.2, 0.25) is 0 Å². The van der Waals surface area contributed by atoms with E-state index in [9.17, 15) is 9.59 Å². The lowest BCUT2D eigenvalue weighted by molar-refractivity contribution is 0.00696. The van der Waals surface area contributed by atoms with Gasteiger partial charge in [0.05, 0.1) is 11.1 Å². The molecule has 5 heteroatoms. The van der Waals surface area contributed by atoms with Gasteiger partial charge in [-0.2, -0.15) is 0 Å². The molecule has 0 spiro atoms. The fourth-order valence-corrected chi connectivity index (χ4v) is 4.27. The average molecular weight is 471 g/mol. The monoisotopic (exact) mass is 470 g/mol. The molecule has 2 heterocycles. The summed E-state index contributed by atoms with van der Waals surface area (Å²) in [4.78, 5) is 25.9. The Labute approximate surface area is 207 Å². The number of aryl methyl sites for hydroxylation is 1. The largest absolute Gasteiger partial charge is 0.456 e. The molecule has 0 saturated carbocycles. The number of benzene rings is 2. The van der Waals surface area contributed by atoms with E-state index < -0.39 is 5.60 Å². The second-order valence-electron chi connectivity index (χ2n) is 11.4. The summed E-state index contributed by atoms with van der Waals surface area (Å²) in [7, 11) is 1.89. The van der Waals surface area contributed by atoms with Crippen LogP contribution in [0.4, 0.5) is 0 Å². The molecule has 0 saturated heterocycles. The molecule has 182 valence electrons. The first-order valence-electron chi connectivity index (χ1n) is 12.0. The molecule has 0 unspecified atom stereocenters. The summed E-state index contributed by atoms with van der Waals surface area (Å²) in [6.45, 7) is 12.2. The average Bonchev–Trinajstić information content (AvgIpc) is 3.34. The number of ether oxygens (including phenoxy) is 1. The molecule has 4 rings (SSSR count). The highest BCUT2D eigenvalue weighted by atomic mass is 16.6. The SMILES string of the molecule is Cn1cc(-c2ccc(CC(C)(C)C)cc2)cc1C(=O)n1ccc2cc(C(=O)OC(C)(C)C)ccc21. The van der Waals surface area contributed by atoms with E-state index in [1.807, 2.05) is 50.7 Å². The van der Waals surface area contributed by atoms with E-state index in [1.54, 1.807) is 29.0 Å². The second kappa shape index (κ2) is 8.88. The Morgan fingerprint density at radius 1 is 0.857 bits per heavy atom. The van der Waals surface area contributed by atoms with Crippen LogP contribution in [0.5, 0.6) is 0 Å². The van der Waals surface area contributed by atoms with Crippen LogP contribution in [0.15, 0.2) is 67.0 Å². The molecule has 0 aliphatic rings. The van der Waals surface area contributed by atoms with Gasteiger partial charge in [-0.25, -0.2) is 4.79 Å². The molecule has 2 aromatic carbocycles. The minimum Gasteiger partial charge on any atom is -0.456 e. The number of carbonyl (C=O) groups is 2. The number of esters is 1. The maximum absolute atomic E-state index is 13.5. The predicted octanol–water partition coefficient (Wildman–Crippen LogP) is 6.88. The van der Waals surface area contributed by atoms with Crippen LogP contribution in [-0.4, -0.2) is 26.6 Å². The molecule has 0 amide bonds. The van der Waals surface area contributed by atoms with Gasteiger partial charge in [-0.05, 0) is 74.1 Å². The lowest BCUT2D eigenvalue weighted by atomic mass is 9.88. The molecule has 0 aliphatic carbocycles. The van der Waals surface area contributed by atoms with Crippen molar-refractivity contribution >= 4 is 22.8 Å². The smallest absolute Gasteiger partial charge is 0.338 e. The lowest BCUT2D eigenvalue weighted by Crippen LogP contribution is -2.23. The van der Waals surface area contributed by atoms with E-state index in [1.165, 1.54) is 5.56 Å². The Morgan fingerprint density at radius 2 is 1.54 bits per heavy atom. The van der Waals surface area contributed by atoms with Gasteiger partial charge in [-0.15, -0.1) is 0 Å². The maximum atomic E-state index is 13.5. The summed E-state index contributed by atoms with van der Waals surface area (Å²) in [6, 6.07) is 17.6. The van der Waals surface area contributed by atoms with Crippen LogP contribution in [0, 0.1) is 5.41 Å². The molecule has 0 N–H and O–H groups in total. The van der Waals surface area contributed by atoms with E-state index in [-0.39, 0.29) is 17.3 Å². The van der Waals surface area contributed by atoms with E-state index in [4.69, 9.17) is 4.74 Å². The summed E-state index contributed by atoms with van der Waals surface area (Å²) in [5.74, 6) is -0.498. The number of nitrogens with zero attached hydrogens (tertiary/aromatic N) is 2. The van der Waals surface area contributed by atoms with Crippen molar-refractivity contribution < 1.29 is 14.3 Å². The van der Waals surface area contributed by atoms with E-state index >= 15 is 0 Å². The first kappa shape index (κ1) is 24.5. The zero-order valence-electron chi connectivity index (χ0n) is 21.7. The normalized spacial score (nSPS) is 12.2. The lowest BCUT2D eigenvalue weighted by Gasteiger charge is -2.19. The third-order valence-corrected chi connectivity index (χ3v) is 5.79. The molecule has 0 fully saturated rings. The number of carbonyl (C=O) groups excluding carboxylic acids is 2. The van der Waals surface area contributed by atoms with Gasteiger partial charge >= 0.3 is 5.97 Å². The minimum atomic E-state index is -0.564. The van der Waals surface area contributed by atoms with Crippen molar-refractivity contribution in [2.75, 3.05) is 0 Å². The highest BCUT2D eigenvalue weighted by Gasteiger charge is 2.20. The highest BCUT2D eigenvalue weighted by Crippen LogP contribution is 2.27. The van der Waals surface area contributed by atoms with Gasteiger partial charge in [0.25, 0.3) is 5.91 Å². The zero-order valence-corrected chi connectivity index (χ0v) is 21.7. The third-order valence-electron chi connectivity index (χ3n) is 5.79. The van der Waals surface area contributed by atoms with E-state index in [0.29, 0.717) is 11.3 Å². The van der Waals surface area contributed by atoms with Gasteiger partial charge in [0, 0.05) is 30.4 Å². The maximum Gasteiger partial charge on any atom is 0.338 e. The van der Waals surface area contributed by atoms with Gasteiger partial charge in [0.15, 0.2) is 0 Å². The van der Waals surface area contributed by atoms with E-state index in [2.05, 4.69) is 45.0 Å². The van der Waals surface area contributed by atoms with Gasteiger partial charge in [0.1, 0.15) is 11.3 Å². The van der Waals surface area contributed by atoms with Crippen LogP contribution in [0.25, 0.3) is 22.0 Å². The van der Waals surface area contributed by atoms with Crippen molar-refractivity contribution in [3.8, 4) is 11.1 Å². The zero-order chi connectivity index (χ0) is 25.5. The topological polar surface area (TPSA) is 53.2 Å². The number of hydrogen-bond donors (Lipinski definition) is 0. The molecule has 0 atom stereocenters. The quantitative estimate of drug-likeness (QED) is 0.306. The van der Waals surface area contributed by atoms with Crippen LogP contribution in [0.3, 0.4) is 0 Å². The second-order valence-corrected chi connectivity index (χ2v) is 11.4. The van der Waals surface area contributed by atoms with Crippen molar-refractivity contribution in [2.45, 2.75) is 53.6 Å². The summed E-state index contributed by atoms with van der Waals surface area (Å²) in [5, 5.41) is 0.811. The van der Waals surface area contributed by atoms with Gasteiger partial charge in [-0.1, -0.05) is 45.0 Å². The summed E-state index contributed by atoms with van der Waals surface area (Å²) in [5.41, 5.74) is 4.86. The Morgan fingerprint density at radius 3 is 2.17 bits per heavy atom. The molecular weight excluding hydrogens is 436 g/mol. The fourth-order valence-electron chi connectivity index (χ4n) is 4.27. The molecule has 0 bridgehead atoms. The minimum absolute atomic E-state index is 0.122. The Bertz CT molecular complexity index is 1390. The van der Waals surface area contributed by atoms with Crippen LogP contribution < -0.4 is 0 Å². The molecule has 0 radical (unpaired) electrons. The molecule has 35 heavy (non-hydrogen) atoms. The van der Waals surface area contributed by atoms with Crippen molar-refractivity contribution in [1.29, 1.82) is 0 Å². The Kier molecular flexibility index (Phi) is 6.22. The fraction of sp³-hybridized carbons (Fsp3) is 0.333. The van der Waals surface area contributed by atoms with E-state index in [0.717, 1.165) is 28.5 Å².